The highest BCUT2D eigenvalue weighted by atomic mass is 19.1. The van der Waals surface area contributed by atoms with Gasteiger partial charge in [0.15, 0.2) is 0 Å². The molecule has 25 heavy (non-hydrogen) atoms. The van der Waals surface area contributed by atoms with Crippen molar-refractivity contribution in [3.05, 3.63) is 71.7 Å². The first-order valence-electron chi connectivity index (χ1n) is 8.72. The first kappa shape index (κ1) is 15.9. The fourth-order valence-electron chi connectivity index (χ4n) is 3.87. The van der Waals surface area contributed by atoms with Gasteiger partial charge >= 0.3 is 0 Å². The van der Waals surface area contributed by atoms with E-state index in [4.69, 9.17) is 0 Å². The van der Waals surface area contributed by atoms with Crippen LogP contribution in [0.2, 0.25) is 0 Å². The predicted molar refractivity (Wildman–Crippen MR) is 97.2 cm³/mol. The van der Waals surface area contributed by atoms with E-state index in [0.717, 1.165) is 25.9 Å². The number of aromatic nitrogens is 1. The van der Waals surface area contributed by atoms with E-state index in [9.17, 15) is 9.18 Å². The lowest BCUT2D eigenvalue weighted by molar-refractivity contribution is 0.0713. The molecule has 4 heteroatoms. The average Bonchev–Trinajstić information content (AvgIpc) is 2.99. The summed E-state index contributed by atoms with van der Waals surface area (Å²) in [4.78, 5) is 14.5. The molecule has 2 aromatic carbocycles. The lowest BCUT2D eigenvalue weighted by Crippen LogP contribution is -2.37. The molecule has 1 amide bonds. The van der Waals surface area contributed by atoms with Crippen molar-refractivity contribution < 1.29 is 9.18 Å². The smallest absolute Gasteiger partial charge is 0.253 e. The van der Waals surface area contributed by atoms with Crippen LogP contribution in [0.3, 0.4) is 0 Å². The van der Waals surface area contributed by atoms with E-state index in [1.165, 1.54) is 28.6 Å². The molecular weight excluding hydrogens is 315 g/mol. The Kier molecular flexibility index (Phi) is 4.04. The Morgan fingerprint density at radius 3 is 2.44 bits per heavy atom. The largest absolute Gasteiger partial charge is 0.350 e. The number of likely N-dealkylation sites (tertiary alicyclic amines) is 1. The lowest BCUT2D eigenvalue weighted by Gasteiger charge is -2.32. The van der Waals surface area contributed by atoms with Gasteiger partial charge in [0.25, 0.3) is 5.91 Å². The molecule has 1 aliphatic rings. The van der Waals surface area contributed by atoms with Gasteiger partial charge in [0.2, 0.25) is 0 Å². The van der Waals surface area contributed by atoms with Gasteiger partial charge in [0, 0.05) is 42.8 Å². The highest BCUT2D eigenvalue weighted by Crippen LogP contribution is 2.34. The minimum absolute atomic E-state index is 0.00336. The molecule has 128 valence electrons. The number of hydrogen-bond acceptors (Lipinski definition) is 1. The van der Waals surface area contributed by atoms with Crippen molar-refractivity contribution in [3.63, 3.8) is 0 Å². The van der Waals surface area contributed by atoms with Crippen LogP contribution in [0.25, 0.3) is 10.9 Å². The Morgan fingerprint density at radius 1 is 1.04 bits per heavy atom. The van der Waals surface area contributed by atoms with Gasteiger partial charge in [-0.25, -0.2) is 4.39 Å². The van der Waals surface area contributed by atoms with Crippen LogP contribution in [0.1, 0.15) is 34.7 Å². The van der Waals surface area contributed by atoms with Gasteiger partial charge in [-0.15, -0.1) is 0 Å². The maximum atomic E-state index is 13.0. The summed E-state index contributed by atoms with van der Waals surface area (Å²) in [7, 11) is 2.08. The summed E-state index contributed by atoms with van der Waals surface area (Å²) in [6.07, 6.45) is 4.15. The Morgan fingerprint density at radius 2 is 1.72 bits per heavy atom. The molecule has 2 heterocycles. The normalized spacial score (nSPS) is 15.7. The van der Waals surface area contributed by atoms with Crippen molar-refractivity contribution in [1.82, 2.24) is 9.47 Å². The molecule has 0 aliphatic carbocycles. The van der Waals surface area contributed by atoms with Crippen molar-refractivity contribution in [2.45, 2.75) is 18.8 Å². The van der Waals surface area contributed by atoms with Crippen LogP contribution < -0.4 is 0 Å². The highest BCUT2D eigenvalue weighted by molar-refractivity contribution is 5.94. The number of fused-ring (bicyclic) bond motifs is 1. The summed E-state index contributed by atoms with van der Waals surface area (Å²) >= 11 is 0. The Balaban J connectivity index is 1.49. The minimum atomic E-state index is -0.314. The summed E-state index contributed by atoms with van der Waals surface area (Å²) in [6.45, 7) is 1.48. The average molecular weight is 336 g/mol. The molecule has 0 radical (unpaired) electrons. The van der Waals surface area contributed by atoms with Gasteiger partial charge in [0.1, 0.15) is 5.82 Å². The van der Waals surface area contributed by atoms with E-state index in [1.807, 2.05) is 4.90 Å². The fourth-order valence-corrected chi connectivity index (χ4v) is 3.87. The number of halogens is 1. The second-order valence-electron chi connectivity index (χ2n) is 6.79. The monoisotopic (exact) mass is 336 g/mol. The molecule has 1 aliphatic heterocycles. The van der Waals surface area contributed by atoms with Crippen LogP contribution in [0.5, 0.6) is 0 Å². The third kappa shape index (κ3) is 2.93. The van der Waals surface area contributed by atoms with Crippen molar-refractivity contribution in [3.8, 4) is 0 Å². The van der Waals surface area contributed by atoms with Crippen LogP contribution in [0, 0.1) is 5.82 Å². The molecule has 1 aromatic heterocycles. The van der Waals surface area contributed by atoms with Crippen molar-refractivity contribution in [2.24, 2.45) is 7.05 Å². The highest BCUT2D eigenvalue weighted by Gasteiger charge is 2.26. The maximum Gasteiger partial charge on any atom is 0.253 e. The summed E-state index contributed by atoms with van der Waals surface area (Å²) < 4.78 is 15.2. The van der Waals surface area contributed by atoms with Crippen LogP contribution in [0.15, 0.2) is 54.7 Å². The minimum Gasteiger partial charge on any atom is -0.350 e. The third-order valence-electron chi connectivity index (χ3n) is 5.24. The second-order valence-corrected chi connectivity index (χ2v) is 6.79. The van der Waals surface area contributed by atoms with E-state index in [-0.39, 0.29) is 11.7 Å². The predicted octanol–water partition coefficient (Wildman–Crippen LogP) is 4.34. The quantitative estimate of drug-likeness (QED) is 0.683. The van der Waals surface area contributed by atoms with Gasteiger partial charge in [-0.2, -0.15) is 0 Å². The van der Waals surface area contributed by atoms with Gasteiger partial charge < -0.3 is 9.47 Å². The molecule has 0 unspecified atom stereocenters. The topological polar surface area (TPSA) is 25.2 Å². The third-order valence-corrected chi connectivity index (χ3v) is 5.24. The standard InChI is InChI=1S/C21H21FN2O/c1-23-14-19(18-4-2-3-5-20(18)23)15-10-12-24(13-11-15)21(25)16-6-8-17(22)9-7-16/h2-9,14-15H,10-13H2,1H3. The molecule has 1 saturated heterocycles. The van der Waals surface area contributed by atoms with Crippen molar-refractivity contribution in [1.29, 1.82) is 0 Å². The molecule has 3 aromatic rings. The first-order valence-corrected chi connectivity index (χ1v) is 8.72. The number of hydrogen-bond donors (Lipinski definition) is 0. The number of piperidine rings is 1. The molecule has 4 rings (SSSR count). The van der Waals surface area contributed by atoms with Gasteiger partial charge in [-0.05, 0) is 54.7 Å². The zero-order valence-electron chi connectivity index (χ0n) is 14.3. The molecule has 0 atom stereocenters. The van der Waals surface area contributed by atoms with E-state index >= 15 is 0 Å². The van der Waals surface area contributed by atoms with Gasteiger partial charge in [0.05, 0.1) is 0 Å². The summed E-state index contributed by atoms with van der Waals surface area (Å²) in [5, 5.41) is 1.31. The number of carbonyl (C=O) groups is 1. The Hall–Kier alpha value is -2.62. The molecule has 0 bridgehead atoms. The molecule has 0 N–H and O–H groups in total. The zero-order chi connectivity index (χ0) is 17.4. The lowest BCUT2D eigenvalue weighted by atomic mass is 9.89. The number of benzene rings is 2. The molecule has 0 spiro atoms. The number of rotatable bonds is 2. The van der Waals surface area contributed by atoms with Crippen LogP contribution in [-0.4, -0.2) is 28.5 Å². The van der Waals surface area contributed by atoms with E-state index in [2.05, 4.69) is 42.1 Å². The van der Waals surface area contributed by atoms with Crippen LogP contribution in [0.4, 0.5) is 4.39 Å². The molecule has 1 fully saturated rings. The van der Waals surface area contributed by atoms with Gasteiger partial charge in [-0.1, -0.05) is 18.2 Å². The summed E-state index contributed by atoms with van der Waals surface area (Å²) in [5.74, 6) is 0.158. The second kappa shape index (κ2) is 6.36. The van der Waals surface area contributed by atoms with E-state index < -0.39 is 0 Å². The SMILES string of the molecule is Cn1cc(C2CCN(C(=O)c3ccc(F)cc3)CC2)c2ccccc21. The van der Waals surface area contributed by atoms with Crippen molar-refractivity contribution in [2.75, 3.05) is 13.1 Å². The summed E-state index contributed by atoms with van der Waals surface area (Å²) in [5.41, 5.74) is 3.19. The Bertz CT molecular complexity index is 905. The Labute approximate surface area is 146 Å². The first-order chi connectivity index (χ1) is 12.1. The molecule has 0 saturated carbocycles. The number of aryl methyl sites for hydroxylation is 1. The van der Waals surface area contributed by atoms with Crippen LogP contribution in [-0.2, 0) is 7.05 Å². The van der Waals surface area contributed by atoms with E-state index in [0.29, 0.717) is 11.5 Å². The number of carbonyl (C=O) groups excluding carboxylic acids is 1. The number of nitrogens with zero attached hydrogens (tertiary/aromatic N) is 2. The maximum absolute atomic E-state index is 13.0. The number of para-hydroxylation sites is 1. The molecule has 3 nitrogen and oxygen atoms in total. The fraction of sp³-hybridized carbons (Fsp3) is 0.286. The number of amides is 1. The van der Waals surface area contributed by atoms with Gasteiger partial charge in [-0.3, -0.25) is 4.79 Å². The van der Waals surface area contributed by atoms with E-state index in [1.54, 1.807) is 12.1 Å². The molecular formula is C21H21FN2O. The van der Waals surface area contributed by atoms with Crippen molar-refractivity contribution >= 4 is 16.8 Å². The zero-order valence-corrected chi connectivity index (χ0v) is 14.3. The summed E-state index contributed by atoms with van der Waals surface area (Å²) in [6, 6.07) is 14.3. The van der Waals surface area contributed by atoms with Crippen LogP contribution >= 0.6 is 0 Å².